The molecule has 2 unspecified atom stereocenters. The van der Waals surface area contributed by atoms with Crippen molar-refractivity contribution in [1.82, 2.24) is 4.90 Å². The van der Waals surface area contributed by atoms with Crippen LogP contribution in [0.25, 0.3) is 0 Å². The summed E-state index contributed by atoms with van der Waals surface area (Å²) >= 11 is 0. The minimum atomic E-state index is 0. The van der Waals surface area contributed by atoms with E-state index >= 15 is 0 Å². The molecular weight excluding hydrogens is 310 g/mol. The second kappa shape index (κ2) is 8.13. The van der Waals surface area contributed by atoms with Crippen molar-refractivity contribution in [1.29, 1.82) is 0 Å². The van der Waals surface area contributed by atoms with Crippen molar-refractivity contribution in [2.45, 2.75) is 38.6 Å². The van der Waals surface area contributed by atoms with E-state index in [4.69, 9.17) is 5.73 Å². The Morgan fingerprint density at radius 2 is 2.09 bits per heavy atom. The van der Waals surface area contributed by atoms with E-state index in [1.54, 1.807) is 0 Å². The lowest BCUT2D eigenvalue weighted by Crippen LogP contribution is -2.48. The number of hydrogen-bond acceptors (Lipinski definition) is 3. The van der Waals surface area contributed by atoms with Gasteiger partial charge in [0.2, 0.25) is 5.91 Å². The predicted molar refractivity (Wildman–Crippen MR) is 97.2 cm³/mol. The van der Waals surface area contributed by atoms with E-state index in [9.17, 15) is 4.79 Å². The number of hydrogen-bond donors (Lipinski definition) is 1. The zero-order chi connectivity index (χ0) is 15.5. The molecular formula is C18H28ClN3O. The lowest BCUT2D eigenvalue weighted by molar-refractivity contribution is -0.120. The second-order valence-electron chi connectivity index (χ2n) is 6.77. The molecule has 5 heteroatoms. The van der Waals surface area contributed by atoms with E-state index in [0.29, 0.717) is 12.5 Å². The number of anilines is 1. The van der Waals surface area contributed by atoms with Crippen LogP contribution >= 0.6 is 12.4 Å². The molecule has 2 aliphatic heterocycles. The Morgan fingerprint density at radius 1 is 1.30 bits per heavy atom. The SMILES string of the molecule is CC(N)C1CCCN(CC(=O)N2CCCc3ccccc32)C1.Cl. The Labute approximate surface area is 145 Å². The molecule has 128 valence electrons. The predicted octanol–water partition coefficient (Wildman–Crippen LogP) is 2.45. The maximum absolute atomic E-state index is 12.8. The summed E-state index contributed by atoms with van der Waals surface area (Å²) in [4.78, 5) is 17.0. The van der Waals surface area contributed by atoms with E-state index in [1.807, 2.05) is 11.0 Å². The molecule has 0 radical (unpaired) electrons. The third-order valence-corrected chi connectivity index (χ3v) is 5.06. The monoisotopic (exact) mass is 337 g/mol. The van der Waals surface area contributed by atoms with Gasteiger partial charge in [-0.05, 0) is 56.7 Å². The number of benzene rings is 1. The van der Waals surface area contributed by atoms with Crippen molar-refractivity contribution < 1.29 is 4.79 Å². The average molecular weight is 338 g/mol. The van der Waals surface area contributed by atoms with Gasteiger partial charge in [-0.1, -0.05) is 18.2 Å². The van der Waals surface area contributed by atoms with E-state index in [1.165, 1.54) is 12.0 Å². The highest BCUT2D eigenvalue weighted by atomic mass is 35.5. The number of para-hydroxylation sites is 1. The standard InChI is InChI=1S/C18H27N3O.ClH/c1-14(19)16-8-4-10-20(12-16)13-18(22)21-11-5-7-15-6-2-3-9-17(15)21;/h2-3,6,9,14,16H,4-5,7-8,10-13,19H2,1H3;1H. The molecule has 2 heterocycles. The van der Waals surface area contributed by atoms with Crippen LogP contribution in [0.2, 0.25) is 0 Å². The topological polar surface area (TPSA) is 49.6 Å². The minimum absolute atomic E-state index is 0. The van der Waals surface area contributed by atoms with Gasteiger partial charge in [-0.2, -0.15) is 0 Å². The number of carbonyl (C=O) groups is 1. The molecule has 1 fully saturated rings. The summed E-state index contributed by atoms with van der Waals surface area (Å²) < 4.78 is 0. The normalized spacial score (nSPS) is 22.9. The molecule has 0 spiro atoms. The molecule has 2 aliphatic rings. The van der Waals surface area contributed by atoms with E-state index < -0.39 is 0 Å². The molecule has 1 saturated heterocycles. The number of amides is 1. The van der Waals surface area contributed by atoms with Gasteiger partial charge in [0.25, 0.3) is 0 Å². The van der Waals surface area contributed by atoms with Crippen LogP contribution in [0.1, 0.15) is 31.7 Å². The molecule has 2 atom stereocenters. The molecule has 0 bridgehead atoms. The minimum Gasteiger partial charge on any atom is -0.328 e. The Balaban J connectivity index is 0.00000192. The number of carbonyl (C=O) groups excluding carboxylic acids is 1. The van der Waals surface area contributed by atoms with Gasteiger partial charge in [-0.3, -0.25) is 9.69 Å². The quantitative estimate of drug-likeness (QED) is 0.921. The molecule has 1 aromatic carbocycles. The number of nitrogens with two attached hydrogens (primary N) is 1. The van der Waals surface area contributed by atoms with Crippen molar-refractivity contribution in [3.05, 3.63) is 29.8 Å². The summed E-state index contributed by atoms with van der Waals surface area (Å²) in [6.07, 6.45) is 4.48. The number of halogens is 1. The van der Waals surface area contributed by atoms with Crippen LogP contribution in [0, 0.1) is 5.92 Å². The highest BCUT2D eigenvalue weighted by molar-refractivity contribution is 5.95. The molecule has 1 aromatic rings. The highest BCUT2D eigenvalue weighted by Gasteiger charge is 2.27. The third-order valence-electron chi connectivity index (χ3n) is 5.06. The molecule has 4 nitrogen and oxygen atoms in total. The van der Waals surface area contributed by atoms with E-state index in [2.05, 4.69) is 30.0 Å². The first-order chi connectivity index (χ1) is 10.6. The summed E-state index contributed by atoms with van der Waals surface area (Å²) in [5.41, 5.74) is 8.46. The van der Waals surface area contributed by atoms with Crippen molar-refractivity contribution in [2.24, 2.45) is 11.7 Å². The van der Waals surface area contributed by atoms with Crippen LogP contribution in [0.4, 0.5) is 5.69 Å². The number of aryl methyl sites for hydroxylation is 1. The first kappa shape index (κ1) is 18.2. The molecule has 0 aromatic heterocycles. The molecule has 0 saturated carbocycles. The Morgan fingerprint density at radius 3 is 2.87 bits per heavy atom. The smallest absolute Gasteiger partial charge is 0.241 e. The summed E-state index contributed by atoms with van der Waals surface area (Å²) in [7, 11) is 0. The van der Waals surface area contributed by atoms with Gasteiger partial charge >= 0.3 is 0 Å². The highest BCUT2D eigenvalue weighted by Crippen LogP contribution is 2.27. The van der Waals surface area contributed by atoms with Crippen LogP contribution < -0.4 is 10.6 Å². The Hall–Kier alpha value is -1.10. The van der Waals surface area contributed by atoms with Gasteiger partial charge in [-0.15, -0.1) is 12.4 Å². The first-order valence-corrected chi connectivity index (χ1v) is 8.51. The fourth-order valence-electron chi connectivity index (χ4n) is 3.73. The molecule has 23 heavy (non-hydrogen) atoms. The van der Waals surface area contributed by atoms with Crippen molar-refractivity contribution >= 4 is 24.0 Å². The first-order valence-electron chi connectivity index (χ1n) is 8.51. The van der Waals surface area contributed by atoms with Gasteiger partial charge in [-0.25, -0.2) is 0 Å². The fraction of sp³-hybridized carbons (Fsp3) is 0.611. The molecule has 3 rings (SSSR count). The molecule has 1 amide bonds. The number of rotatable bonds is 3. The average Bonchev–Trinajstić information content (AvgIpc) is 2.54. The maximum atomic E-state index is 12.8. The zero-order valence-electron chi connectivity index (χ0n) is 13.9. The Kier molecular flexibility index (Phi) is 6.45. The van der Waals surface area contributed by atoms with Crippen LogP contribution in [-0.4, -0.2) is 43.0 Å². The summed E-state index contributed by atoms with van der Waals surface area (Å²) in [6.45, 7) is 5.43. The number of likely N-dealkylation sites (tertiary alicyclic amines) is 1. The third kappa shape index (κ3) is 4.25. The van der Waals surface area contributed by atoms with Crippen molar-refractivity contribution in [3.63, 3.8) is 0 Å². The van der Waals surface area contributed by atoms with Crippen LogP contribution in [-0.2, 0) is 11.2 Å². The summed E-state index contributed by atoms with van der Waals surface area (Å²) in [5, 5.41) is 0. The van der Waals surface area contributed by atoms with Gasteiger partial charge in [0.1, 0.15) is 0 Å². The van der Waals surface area contributed by atoms with Gasteiger partial charge < -0.3 is 10.6 Å². The summed E-state index contributed by atoms with van der Waals surface area (Å²) in [6, 6.07) is 8.52. The van der Waals surface area contributed by atoms with Crippen molar-refractivity contribution in [3.8, 4) is 0 Å². The van der Waals surface area contributed by atoms with Crippen LogP contribution in [0.5, 0.6) is 0 Å². The maximum Gasteiger partial charge on any atom is 0.241 e. The van der Waals surface area contributed by atoms with Crippen molar-refractivity contribution in [2.75, 3.05) is 31.1 Å². The number of nitrogens with zero attached hydrogens (tertiary/aromatic N) is 2. The van der Waals surface area contributed by atoms with E-state index in [0.717, 1.165) is 44.6 Å². The van der Waals surface area contributed by atoms with E-state index in [-0.39, 0.29) is 24.4 Å². The molecule has 0 aliphatic carbocycles. The van der Waals surface area contributed by atoms with Gasteiger partial charge in [0, 0.05) is 24.8 Å². The second-order valence-corrected chi connectivity index (χ2v) is 6.77. The Bertz CT molecular complexity index is 535. The van der Waals surface area contributed by atoms with Gasteiger partial charge in [0.15, 0.2) is 0 Å². The largest absolute Gasteiger partial charge is 0.328 e. The summed E-state index contributed by atoms with van der Waals surface area (Å²) in [5.74, 6) is 0.757. The lowest BCUT2D eigenvalue weighted by Gasteiger charge is -2.36. The van der Waals surface area contributed by atoms with Crippen LogP contribution in [0.15, 0.2) is 24.3 Å². The lowest BCUT2D eigenvalue weighted by atomic mass is 9.92. The number of piperidine rings is 1. The fourth-order valence-corrected chi connectivity index (χ4v) is 3.73. The zero-order valence-corrected chi connectivity index (χ0v) is 14.7. The number of fused-ring (bicyclic) bond motifs is 1. The molecule has 2 N–H and O–H groups in total. The van der Waals surface area contributed by atoms with Crippen LogP contribution in [0.3, 0.4) is 0 Å². The van der Waals surface area contributed by atoms with Gasteiger partial charge in [0.05, 0.1) is 6.54 Å².